The molecule has 3 rings (SSSR count). The molecule has 0 spiro atoms. The molecule has 2 aromatic carbocycles. The standard InChI is InChI=1S/C19H19ClN4O/c1-19(2,3)15-9-7-13(8-10-15)17(25)12-24-22-18(21-23-24)14-5-4-6-16(20)11-14/h4-11H,12H2,1-3H3. The zero-order valence-electron chi connectivity index (χ0n) is 14.4. The molecule has 0 radical (unpaired) electrons. The van der Waals surface area contributed by atoms with Gasteiger partial charge in [0.05, 0.1) is 0 Å². The lowest BCUT2D eigenvalue weighted by Crippen LogP contribution is -2.14. The van der Waals surface area contributed by atoms with Crippen LogP contribution in [0.15, 0.2) is 48.5 Å². The molecule has 3 aromatic rings. The Labute approximate surface area is 151 Å². The van der Waals surface area contributed by atoms with Gasteiger partial charge in [-0.15, -0.1) is 10.2 Å². The van der Waals surface area contributed by atoms with Gasteiger partial charge in [0.2, 0.25) is 5.82 Å². The fourth-order valence-electron chi connectivity index (χ4n) is 2.43. The fraction of sp³-hybridized carbons (Fsp3) is 0.263. The lowest BCUT2D eigenvalue weighted by atomic mass is 9.86. The molecule has 0 aliphatic carbocycles. The Balaban J connectivity index is 1.73. The average Bonchev–Trinajstić information content (AvgIpc) is 3.03. The van der Waals surface area contributed by atoms with Crippen LogP contribution in [0.3, 0.4) is 0 Å². The van der Waals surface area contributed by atoms with E-state index in [1.807, 2.05) is 36.4 Å². The number of ketones is 1. The van der Waals surface area contributed by atoms with E-state index in [1.54, 1.807) is 12.1 Å². The number of benzene rings is 2. The number of carbonyl (C=O) groups is 1. The number of hydrogen-bond acceptors (Lipinski definition) is 4. The van der Waals surface area contributed by atoms with Crippen molar-refractivity contribution in [2.45, 2.75) is 32.7 Å². The van der Waals surface area contributed by atoms with E-state index in [2.05, 4.69) is 36.2 Å². The summed E-state index contributed by atoms with van der Waals surface area (Å²) in [6.07, 6.45) is 0. The van der Waals surface area contributed by atoms with Crippen molar-refractivity contribution in [1.29, 1.82) is 0 Å². The van der Waals surface area contributed by atoms with Crippen LogP contribution >= 0.6 is 11.6 Å². The number of nitrogens with zero attached hydrogens (tertiary/aromatic N) is 4. The summed E-state index contributed by atoms with van der Waals surface area (Å²) in [5, 5.41) is 12.8. The lowest BCUT2D eigenvalue weighted by molar-refractivity contribution is 0.0961. The van der Waals surface area contributed by atoms with Gasteiger partial charge in [-0.05, 0) is 28.3 Å². The third-order valence-electron chi connectivity index (χ3n) is 3.89. The monoisotopic (exact) mass is 354 g/mol. The molecule has 0 bridgehead atoms. The first-order valence-electron chi connectivity index (χ1n) is 8.00. The maximum absolute atomic E-state index is 12.4. The molecule has 0 saturated heterocycles. The van der Waals surface area contributed by atoms with Crippen LogP contribution in [0, 0.1) is 0 Å². The zero-order valence-corrected chi connectivity index (χ0v) is 15.2. The summed E-state index contributed by atoms with van der Waals surface area (Å²) < 4.78 is 0. The Morgan fingerprint density at radius 2 is 1.84 bits per heavy atom. The fourth-order valence-corrected chi connectivity index (χ4v) is 2.62. The summed E-state index contributed by atoms with van der Waals surface area (Å²) in [4.78, 5) is 13.7. The van der Waals surface area contributed by atoms with E-state index in [1.165, 1.54) is 10.4 Å². The second kappa shape index (κ2) is 6.76. The molecule has 0 aliphatic rings. The number of rotatable bonds is 4. The summed E-state index contributed by atoms with van der Waals surface area (Å²) in [5.41, 5.74) is 2.64. The highest BCUT2D eigenvalue weighted by Gasteiger charge is 2.15. The van der Waals surface area contributed by atoms with Gasteiger partial charge in [0.25, 0.3) is 0 Å². The molecule has 0 aliphatic heterocycles. The van der Waals surface area contributed by atoms with Crippen LogP contribution in [0.4, 0.5) is 0 Å². The van der Waals surface area contributed by atoms with E-state index in [0.29, 0.717) is 16.4 Å². The summed E-state index contributed by atoms with van der Waals surface area (Å²) in [7, 11) is 0. The molecule has 0 fully saturated rings. The van der Waals surface area contributed by atoms with Crippen molar-refractivity contribution in [3.05, 3.63) is 64.7 Å². The molecule has 0 saturated carbocycles. The Bertz CT molecular complexity index is 894. The maximum Gasteiger partial charge on any atom is 0.204 e. The van der Waals surface area contributed by atoms with E-state index in [9.17, 15) is 4.79 Å². The van der Waals surface area contributed by atoms with Crippen LogP contribution in [0.25, 0.3) is 11.4 Å². The van der Waals surface area contributed by atoms with Crippen molar-refractivity contribution in [3.63, 3.8) is 0 Å². The van der Waals surface area contributed by atoms with E-state index < -0.39 is 0 Å². The highest BCUT2D eigenvalue weighted by molar-refractivity contribution is 6.30. The first-order valence-corrected chi connectivity index (χ1v) is 8.38. The topological polar surface area (TPSA) is 60.7 Å². The van der Waals surface area contributed by atoms with Crippen LogP contribution < -0.4 is 0 Å². The van der Waals surface area contributed by atoms with Gasteiger partial charge in [0.1, 0.15) is 6.54 Å². The Hall–Kier alpha value is -2.53. The van der Waals surface area contributed by atoms with Gasteiger partial charge >= 0.3 is 0 Å². The smallest absolute Gasteiger partial charge is 0.204 e. The van der Waals surface area contributed by atoms with Crippen molar-refractivity contribution in [1.82, 2.24) is 20.2 Å². The number of hydrogen-bond donors (Lipinski definition) is 0. The van der Waals surface area contributed by atoms with Gasteiger partial charge in [0, 0.05) is 16.1 Å². The number of Topliss-reactive ketones (excluding diaryl/α,β-unsaturated/α-hetero) is 1. The SMILES string of the molecule is CC(C)(C)c1ccc(C(=O)Cn2nnc(-c3cccc(Cl)c3)n2)cc1. The largest absolute Gasteiger partial charge is 0.292 e. The van der Waals surface area contributed by atoms with Crippen LogP contribution in [0.2, 0.25) is 5.02 Å². The normalized spacial score (nSPS) is 11.5. The first kappa shape index (κ1) is 17.3. The average molecular weight is 355 g/mol. The Morgan fingerprint density at radius 3 is 2.48 bits per heavy atom. The molecular formula is C19H19ClN4O. The van der Waals surface area contributed by atoms with E-state index in [4.69, 9.17) is 11.6 Å². The van der Waals surface area contributed by atoms with Crippen LogP contribution in [0.1, 0.15) is 36.7 Å². The van der Waals surface area contributed by atoms with Crippen molar-refractivity contribution < 1.29 is 4.79 Å². The molecule has 0 amide bonds. The van der Waals surface area contributed by atoms with Crippen LogP contribution in [0.5, 0.6) is 0 Å². The first-order chi connectivity index (χ1) is 11.8. The molecular weight excluding hydrogens is 336 g/mol. The van der Waals surface area contributed by atoms with Crippen molar-refractivity contribution in [3.8, 4) is 11.4 Å². The van der Waals surface area contributed by atoms with Gasteiger partial charge in [-0.3, -0.25) is 4.79 Å². The number of tetrazole rings is 1. The molecule has 5 nitrogen and oxygen atoms in total. The van der Waals surface area contributed by atoms with Crippen molar-refractivity contribution >= 4 is 17.4 Å². The molecule has 128 valence electrons. The lowest BCUT2D eigenvalue weighted by Gasteiger charge is -2.18. The Morgan fingerprint density at radius 1 is 1.12 bits per heavy atom. The number of aromatic nitrogens is 4. The highest BCUT2D eigenvalue weighted by atomic mass is 35.5. The second-order valence-electron chi connectivity index (χ2n) is 6.90. The predicted octanol–water partition coefficient (Wildman–Crippen LogP) is 4.17. The predicted molar refractivity (Wildman–Crippen MR) is 97.7 cm³/mol. The molecule has 0 atom stereocenters. The van der Waals surface area contributed by atoms with E-state index in [0.717, 1.165) is 5.56 Å². The minimum atomic E-state index is -0.0597. The zero-order chi connectivity index (χ0) is 18.0. The summed E-state index contributed by atoms with van der Waals surface area (Å²) in [6.45, 7) is 6.46. The molecule has 1 aromatic heterocycles. The number of carbonyl (C=O) groups excluding carboxylic acids is 1. The van der Waals surface area contributed by atoms with Crippen molar-refractivity contribution in [2.75, 3.05) is 0 Å². The minimum Gasteiger partial charge on any atom is -0.292 e. The van der Waals surface area contributed by atoms with Gasteiger partial charge < -0.3 is 0 Å². The van der Waals surface area contributed by atoms with E-state index >= 15 is 0 Å². The second-order valence-corrected chi connectivity index (χ2v) is 7.34. The highest BCUT2D eigenvalue weighted by Crippen LogP contribution is 2.22. The molecule has 25 heavy (non-hydrogen) atoms. The van der Waals surface area contributed by atoms with Crippen LogP contribution in [-0.2, 0) is 12.0 Å². The van der Waals surface area contributed by atoms with E-state index in [-0.39, 0.29) is 17.7 Å². The molecule has 0 unspecified atom stereocenters. The Kier molecular flexibility index (Phi) is 4.68. The molecule has 6 heteroatoms. The van der Waals surface area contributed by atoms with Gasteiger partial charge in [-0.25, -0.2) is 0 Å². The summed E-state index contributed by atoms with van der Waals surface area (Å²) in [5.74, 6) is 0.383. The van der Waals surface area contributed by atoms with Crippen molar-refractivity contribution in [2.24, 2.45) is 0 Å². The number of halogens is 1. The molecule has 1 heterocycles. The summed E-state index contributed by atoms with van der Waals surface area (Å²) in [6, 6.07) is 14.9. The minimum absolute atomic E-state index is 0.0441. The maximum atomic E-state index is 12.4. The van der Waals surface area contributed by atoms with Gasteiger partial charge in [0.15, 0.2) is 5.78 Å². The van der Waals surface area contributed by atoms with Gasteiger partial charge in [-0.1, -0.05) is 68.8 Å². The van der Waals surface area contributed by atoms with Gasteiger partial charge in [-0.2, -0.15) is 4.80 Å². The van der Waals surface area contributed by atoms with Crippen LogP contribution in [-0.4, -0.2) is 26.0 Å². The summed E-state index contributed by atoms with van der Waals surface area (Å²) >= 11 is 5.97. The third kappa shape index (κ3) is 4.12. The molecule has 0 N–H and O–H groups in total. The third-order valence-corrected chi connectivity index (χ3v) is 4.13. The quantitative estimate of drug-likeness (QED) is 0.659.